The number of ether oxygens (including phenoxy) is 1. The van der Waals surface area contributed by atoms with Crippen molar-refractivity contribution in [3.63, 3.8) is 0 Å². The van der Waals surface area contributed by atoms with Gasteiger partial charge in [0.25, 0.3) is 5.91 Å². The van der Waals surface area contributed by atoms with E-state index in [2.05, 4.69) is 21.2 Å². The number of aryl methyl sites for hydroxylation is 2. The van der Waals surface area contributed by atoms with Gasteiger partial charge in [0.2, 0.25) is 5.91 Å². The molecule has 1 atom stereocenters. The molecule has 0 unspecified atom stereocenters. The summed E-state index contributed by atoms with van der Waals surface area (Å²) in [5.41, 5.74) is 2.69. The monoisotopic (exact) mass is 474 g/mol. The topological polar surface area (TPSA) is 58.6 Å². The molecule has 0 aliphatic rings. The van der Waals surface area contributed by atoms with Crippen LogP contribution < -0.4 is 10.1 Å². The molecule has 2 aromatic rings. The van der Waals surface area contributed by atoms with Crippen molar-refractivity contribution in [2.45, 2.75) is 59.7 Å². The van der Waals surface area contributed by atoms with E-state index < -0.39 is 6.04 Å². The molecule has 0 aliphatic carbocycles. The van der Waals surface area contributed by atoms with Crippen LogP contribution in [0, 0.1) is 13.8 Å². The summed E-state index contributed by atoms with van der Waals surface area (Å²) in [6.07, 6.45) is 0. The summed E-state index contributed by atoms with van der Waals surface area (Å²) >= 11 is 3.46. The van der Waals surface area contributed by atoms with Crippen LogP contribution in [0.25, 0.3) is 0 Å². The predicted octanol–water partition coefficient (Wildman–Crippen LogP) is 4.78. The largest absolute Gasteiger partial charge is 0.484 e. The Kier molecular flexibility index (Phi) is 8.07. The van der Waals surface area contributed by atoms with Crippen molar-refractivity contribution in [2.24, 2.45) is 0 Å². The van der Waals surface area contributed by atoms with Crippen LogP contribution in [0.1, 0.15) is 44.4 Å². The van der Waals surface area contributed by atoms with E-state index in [0.29, 0.717) is 12.3 Å². The van der Waals surface area contributed by atoms with Crippen LogP contribution in [0.2, 0.25) is 0 Å². The second-order valence-electron chi connectivity index (χ2n) is 8.68. The maximum absolute atomic E-state index is 13.1. The van der Waals surface area contributed by atoms with Gasteiger partial charge in [-0.3, -0.25) is 9.59 Å². The number of carbonyl (C=O) groups is 2. The maximum Gasteiger partial charge on any atom is 0.261 e. The summed E-state index contributed by atoms with van der Waals surface area (Å²) in [5.74, 6) is 0.206. The third-order valence-electron chi connectivity index (χ3n) is 4.46. The Balaban J connectivity index is 2.20. The Hall–Kier alpha value is -2.34. The van der Waals surface area contributed by atoms with Crippen LogP contribution in [-0.4, -0.2) is 34.9 Å². The molecule has 0 fully saturated rings. The van der Waals surface area contributed by atoms with E-state index in [1.165, 1.54) is 0 Å². The van der Waals surface area contributed by atoms with Gasteiger partial charge in [-0.2, -0.15) is 0 Å². The van der Waals surface area contributed by atoms with E-state index in [4.69, 9.17) is 4.74 Å². The summed E-state index contributed by atoms with van der Waals surface area (Å²) in [5, 5.41) is 2.96. The fourth-order valence-electron chi connectivity index (χ4n) is 3.13. The molecule has 0 saturated heterocycles. The number of halogens is 1. The fraction of sp³-hybridized carbons (Fsp3) is 0.417. The van der Waals surface area contributed by atoms with E-state index in [1.807, 2.05) is 77.1 Å². The van der Waals surface area contributed by atoms with Crippen molar-refractivity contribution in [1.29, 1.82) is 0 Å². The van der Waals surface area contributed by atoms with Gasteiger partial charge in [-0.25, -0.2) is 0 Å². The first-order valence-electron chi connectivity index (χ1n) is 10.0. The van der Waals surface area contributed by atoms with E-state index >= 15 is 0 Å². The van der Waals surface area contributed by atoms with Gasteiger partial charge in [0.1, 0.15) is 11.8 Å². The van der Waals surface area contributed by atoms with Crippen LogP contribution in [0.15, 0.2) is 46.9 Å². The van der Waals surface area contributed by atoms with E-state index in [9.17, 15) is 9.59 Å². The highest BCUT2D eigenvalue weighted by molar-refractivity contribution is 9.10. The van der Waals surface area contributed by atoms with E-state index in [-0.39, 0.29) is 24.0 Å². The molecule has 6 heteroatoms. The minimum absolute atomic E-state index is 0.135. The van der Waals surface area contributed by atoms with Gasteiger partial charge < -0.3 is 15.0 Å². The normalized spacial score (nSPS) is 12.2. The Morgan fingerprint density at radius 3 is 2.30 bits per heavy atom. The molecule has 1 N–H and O–H groups in total. The van der Waals surface area contributed by atoms with Gasteiger partial charge in [0, 0.05) is 16.6 Å². The number of carbonyl (C=O) groups excluding carboxylic acids is 2. The summed E-state index contributed by atoms with van der Waals surface area (Å²) in [7, 11) is 0. The Morgan fingerprint density at radius 1 is 1.10 bits per heavy atom. The quantitative estimate of drug-likeness (QED) is 0.628. The number of nitrogens with zero attached hydrogens (tertiary/aromatic N) is 1. The van der Waals surface area contributed by atoms with Gasteiger partial charge >= 0.3 is 0 Å². The third kappa shape index (κ3) is 7.48. The van der Waals surface area contributed by atoms with Crippen LogP contribution in [0.3, 0.4) is 0 Å². The summed E-state index contributed by atoms with van der Waals surface area (Å²) in [4.78, 5) is 27.4. The van der Waals surface area contributed by atoms with Gasteiger partial charge in [0.05, 0.1) is 0 Å². The smallest absolute Gasteiger partial charge is 0.261 e. The highest BCUT2D eigenvalue weighted by Gasteiger charge is 2.28. The van der Waals surface area contributed by atoms with Gasteiger partial charge in [-0.15, -0.1) is 0 Å². The predicted molar refractivity (Wildman–Crippen MR) is 123 cm³/mol. The lowest BCUT2D eigenvalue weighted by Crippen LogP contribution is -2.53. The van der Waals surface area contributed by atoms with Crippen molar-refractivity contribution in [3.05, 3.63) is 63.6 Å². The van der Waals surface area contributed by atoms with Crippen LogP contribution in [-0.2, 0) is 16.1 Å². The number of hydrogen-bond acceptors (Lipinski definition) is 3. The van der Waals surface area contributed by atoms with Crippen molar-refractivity contribution in [1.82, 2.24) is 10.2 Å². The highest BCUT2D eigenvalue weighted by Crippen LogP contribution is 2.18. The lowest BCUT2D eigenvalue weighted by Gasteiger charge is -2.31. The lowest BCUT2D eigenvalue weighted by atomic mass is 10.1. The number of rotatable bonds is 7. The Labute approximate surface area is 187 Å². The second-order valence-corrected chi connectivity index (χ2v) is 9.59. The standard InChI is InChI=1S/C24H31BrN2O3/c1-16-10-17(2)12-21(11-16)30-15-22(28)27(14-19-8-7-9-20(25)13-19)18(3)23(29)26-24(4,5)6/h7-13,18H,14-15H2,1-6H3,(H,26,29)/t18-/m1/s1. The average molecular weight is 475 g/mol. The zero-order valence-corrected chi connectivity index (χ0v) is 20.2. The minimum Gasteiger partial charge on any atom is -0.484 e. The van der Waals surface area contributed by atoms with E-state index in [1.54, 1.807) is 11.8 Å². The molecule has 0 spiro atoms. The number of nitrogens with one attached hydrogen (secondary N) is 1. The summed E-state index contributed by atoms with van der Waals surface area (Å²) in [6.45, 7) is 11.6. The molecule has 162 valence electrons. The van der Waals surface area contributed by atoms with Crippen LogP contribution in [0.5, 0.6) is 5.75 Å². The summed E-state index contributed by atoms with van der Waals surface area (Å²) in [6, 6.07) is 12.9. The molecular formula is C24H31BrN2O3. The number of benzene rings is 2. The first-order chi connectivity index (χ1) is 13.9. The molecule has 0 radical (unpaired) electrons. The Morgan fingerprint density at radius 2 is 1.73 bits per heavy atom. The fourth-order valence-corrected chi connectivity index (χ4v) is 3.58. The molecule has 2 aromatic carbocycles. The second kappa shape index (κ2) is 10.1. The zero-order chi connectivity index (χ0) is 22.5. The van der Waals surface area contributed by atoms with Crippen LogP contribution in [0.4, 0.5) is 0 Å². The minimum atomic E-state index is -0.640. The average Bonchev–Trinajstić information content (AvgIpc) is 2.61. The molecular weight excluding hydrogens is 444 g/mol. The zero-order valence-electron chi connectivity index (χ0n) is 18.6. The molecule has 0 saturated carbocycles. The summed E-state index contributed by atoms with van der Waals surface area (Å²) < 4.78 is 6.69. The molecule has 0 bridgehead atoms. The SMILES string of the molecule is Cc1cc(C)cc(OCC(=O)N(Cc2cccc(Br)c2)[C@H](C)C(=O)NC(C)(C)C)c1. The van der Waals surface area contributed by atoms with Crippen molar-refractivity contribution in [3.8, 4) is 5.75 Å². The lowest BCUT2D eigenvalue weighted by molar-refractivity contribution is -0.142. The van der Waals surface area contributed by atoms with Gasteiger partial charge in [-0.05, 0) is 82.5 Å². The van der Waals surface area contributed by atoms with Gasteiger partial charge in [0.15, 0.2) is 6.61 Å². The molecule has 0 aromatic heterocycles. The highest BCUT2D eigenvalue weighted by atomic mass is 79.9. The first-order valence-corrected chi connectivity index (χ1v) is 10.8. The molecule has 2 rings (SSSR count). The third-order valence-corrected chi connectivity index (χ3v) is 4.96. The number of hydrogen-bond donors (Lipinski definition) is 1. The maximum atomic E-state index is 13.1. The van der Waals surface area contributed by atoms with Crippen molar-refractivity contribution >= 4 is 27.7 Å². The molecule has 0 aliphatic heterocycles. The van der Waals surface area contributed by atoms with Gasteiger partial charge in [-0.1, -0.05) is 34.1 Å². The molecule has 30 heavy (non-hydrogen) atoms. The number of amides is 2. The Bertz CT molecular complexity index is 885. The first kappa shape index (κ1) is 23.9. The van der Waals surface area contributed by atoms with Crippen molar-refractivity contribution < 1.29 is 14.3 Å². The van der Waals surface area contributed by atoms with Crippen LogP contribution >= 0.6 is 15.9 Å². The molecule has 0 heterocycles. The molecule has 2 amide bonds. The molecule has 5 nitrogen and oxygen atoms in total. The van der Waals surface area contributed by atoms with E-state index in [0.717, 1.165) is 21.2 Å². The van der Waals surface area contributed by atoms with Crippen molar-refractivity contribution in [2.75, 3.05) is 6.61 Å².